The Morgan fingerprint density at radius 2 is 2.30 bits per heavy atom. The third-order valence-electron chi connectivity index (χ3n) is 1.09. The van der Waals surface area contributed by atoms with E-state index in [9.17, 15) is 4.79 Å². The van der Waals surface area contributed by atoms with Crippen molar-refractivity contribution in [3.8, 4) is 0 Å². The van der Waals surface area contributed by atoms with E-state index in [-0.39, 0.29) is 5.30 Å². The van der Waals surface area contributed by atoms with Crippen LogP contribution in [-0.2, 0) is 4.74 Å². The highest BCUT2D eigenvalue weighted by Crippen LogP contribution is 2.08. The average Bonchev–Trinajstić information content (AvgIpc) is 1.98. The first kappa shape index (κ1) is 9.82. The van der Waals surface area contributed by atoms with Crippen LogP contribution in [0.5, 0.6) is 0 Å². The van der Waals surface area contributed by atoms with Gasteiger partial charge in [-0.05, 0) is 18.2 Å². The number of unbranched alkanes of at least 4 members (excludes halogenated alkanes) is 2. The van der Waals surface area contributed by atoms with Crippen LogP contribution in [0, 0.1) is 7.11 Å². The first-order chi connectivity index (χ1) is 4.81. The molecule has 3 heteroatoms. The Labute approximate surface area is 66.3 Å². The Hall–Kier alpha value is -0.180. The Bertz CT molecular complexity index is 93.6. The molecule has 0 aliphatic heterocycles. The lowest BCUT2D eigenvalue weighted by Gasteiger charge is -1.96. The topological polar surface area (TPSA) is 26.3 Å². The van der Waals surface area contributed by atoms with Gasteiger partial charge in [0.1, 0.15) is 7.11 Å². The summed E-state index contributed by atoms with van der Waals surface area (Å²) in [5.41, 5.74) is 0. The molecule has 0 saturated carbocycles. The first-order valence-corrected chi connectivity index (χ1v) is 4.38. The molecule has 0 atom stereocenters. The Kier molecular flexibility index (Phi) is 6.81. The molecule has 59 valence electrons. The quantitative estimate of drug-likeness (QED) is 0.468. The van der Waals surface area contributed by atoms with E-state index in [0.717, 1.165) is 12.2 Å². The van der Waals surface area contributed by atoms with Crippen LogP contribution in [0.4, 0.5) is 4.79 Å². The highest BCUT2D eigenvalue weighted by molar-refractivity contribution is 8.13. The van der Waals surface area contributed by atoms with Crippen LogP contribution in [0.25, 0.3) is 0 Å². The van der Waals surface area contributed by atoms with Gasteiger partial charge in [-0.1, -0.05) is 19.8 Å². The van der Waals surface area contributed by atoms with Crippen LogP contribution >= 0.6 is 11.8 Å². The molecule has 1 radical (unpaired) electrons. The predicted molar refractivity (Wildman–Crippen MR) is 43.8 cm³/mol. The van der Waals surface area contributed by atoms with Crippen molar-refractivity contribution in [2.24, 2.45) is 0 Å². The monoisotopic (exact) mass is 161 g/mol. The Balaban J connectivity index is 2.96. The highest BCUT2D eigenvalue weighted by atomic mass is 32.2. The van der Waals surface area contributed by atoms with E-state index in [0.29, 0.717) is 0 Å². The van der Waals surface area contributed by atoms with Crippen molar-refractivity contribution in [2.75, 3.05) is 5.75 Å². The smallest absolute Gasteiger partial charge is 0.367 e. The maximum Gasteiger partial charge on any atom is 0.367 e. The number of rotatable bonds is 4. The summed E-state index contributed by atoms with van der Waals surface area (Å²) in [6.07, 6.45) is 3.44. The fourth-order valence-corrected chi connectivity index (χ4v) is 1.15. The molecule has 0 spiro atoms. The summed E-state index contributed by atoms with van der Waals surface area (Å²) in [4.78, 5) is 10.5. The van der Waals surface area contributed by atoms with Crippen LogP contribution in [0.2, 0.25) is 0 Å². The van der Waals surface area contributed by atoms with E-state index in [1.165, 1.54) is 24.6 Å². The van der Waals surface area contributed by atoms with Crippen molar-refractivity contribution >= 4 is 17.1 Å². The largest absolute Gasteiger partial charge is 0.454 e. The number of hydrogen-bond donors (Lipinski definition) is 0. The van der Waals surface area contributed by atoms with Crippen molar-refractivity contribution in [3.63, 3.8) is 0 Å². The van der Waals surface area contributed by atoms with E-state index in [2.05, 4.69) is 18.8 Å². The molecule has 0 N–H and O–H groups in total. The van der Waals surface area contributed by atoms with Crippen LogP contribution in [-0.4, -0.2) is 11.1 Å². The normalized spacial score (nSPS) is 9.40. The second-order valence-corrected chi connectivity index (χ2v) is 2.98. The number of carbonyl (C=O) groups excluding carboxylic acids is 1. The lowest BCUT2D eigenvalue weighted by molar-refractivity contribution is 0.212. The lowest BCUT2D eigenvalue weighted by Crippen LogP contribution is -1.90. The standard InChI is InChI=1S/C7H13O2S/c1-3-4-5-6-10-7(8)9-2/h2-6H2,1H3. The fourth-order valence-electron chi connectivity index (χ4n) is 0.549. The second kappa shape index (κ2) is 6.93. The van der Waals surface area contributed by atoms with Crippen LogP contribution in [0.15, 0.2) is 0 Å². The van der Waals surface area contributed by atoms with E-state index in [1.54, 1.807) is 0 Å². The van der Waals surface area contributed by atoms with Gasteiger partial charge in [-0.3, -0.25) is 0 Å². The van der Waals surface area contributed by atoms with E-state index in [1.807, 2.05) is 0 Å². The molecule has 0 unspecified atom stereocenters. The summed E-state index contributed by atoms with van der Waals surface area (Å²) >= 11 is 1.19. The molecule has 0 saturated heterocycles. The van der Waals surface area contributed by atoms with Gasteiger partial charge in [-0.25, -0.2) is 4.79 Å². The SMILES string of the molecule is [CH2]OC(=O)SCCCCC. The van der Waals surface area contributed by atoms with Crippen molar-refractivity contribution in [2.45, 2.75) is 26.2 Å². The van der Waals surface area contributed by atoms with Crippen molar-refractivity contribution in [1.82, 2.24) is 0 Å². The molecule has 0 aliphatic carbocycles. The zero-order chi connectivity index (χ0) is 7.82. The molecular formula is C7H13O2S. The van der Waals surface area contributed by atoms with Gasteiger partial charge in [0.15, 0.2) is 0 Å². The molecule has 0 heterocycles. The van der Waals surface area contributed by atoms with Crippen LogP contribution < -0.4 is 0 Å². The first-order valence-electron chi connectivity index (χ1n) is 3.40. The van der Waals surface area contributed by atoms with Crippen molar-refractivity contribution in [3.05, 3.63) is 7.11 Å². The zero-order valence-electron chi connectivity index (χ0n) is 6.26. The molecule has 0 aliphatic rings. The summed E-state index contributed by atoms with van der Waals surface area (Å²) in [7, 11) is 3.01. The third-order valence-corrected chi connectivity index (χ3v) is 1.93. The molecule has 0 aromatic heterocycles. The number of ether oxygens (including phenoxy) is 1. The van der Waals surface area contributed by atoms with E-state index < -0.39 is 0 Å². The number of thioether (sulfide) groups is 1. The minimum Gasteiger partial charge on any atom is -0.454 e. The average molecular weight is 161 g/mol. The van der Waals surface area contributed by atoms with Gasteiger partial charge in [-0.2, -0.15) is 0 Å². The molecule has 0 fully saturated rings. The summed E-state index contributed by atoms with van der Waals surface area (Å²) in [6, 6.07) is 0. The molecule has 10 heavy (non-hydrogen) atoms. The fraction of sp³-hybridized carbons (Fsp3) is 0.714. The van der Waals surface area contributed by atoms with Crippen LogP contribution in [0.3, 0.4) is 0 Å². The maximum atomic E-state index is 10.5. The minimum absolute atomic E-state index is 0.281. The van der Waals surface area contributed by atoms with Gasteiger partial charge in [0, 0.05) is 5.75 Å². The third kappa shape index (κ3) is 5.95. The van der Waals surface area contributed by atoms with Gasteiger partial charge in [0.25, 0.3) is 0 Å². The molecule has 0 bridgehead atoms. The summed E-state index contributed by atoms with van der Waals surface area (Å²) in [5.74, 6) is 0.849. The van der Waals surface area contributed by atoms with Gasteiger partial charge in [0.05, 0.1) is 0 Å². The van der Waals surface area contributed by atoms with E-state index >= 15 is 0 Å². The van der Waals surface area contributed by atoms with Gasteiger partial charge in [0.2, 0.25) is 0 Å². The van der Waals surface area contributed by atoms with Crippen molar-refractivity contribution in [1.29, 1.82) is 0 Å². The minimum atomic E-state index is -0.281. The van der Waals surface area contributed by atoms with E-state index in [4.69, 9.17) is 0 Å². The number of hydrogen-bond acceptors (Lipinski definition) is 3. The van der Waals surface area contributed by atoms with Gasteiger partial charge in [-0.15, -0.1) is 0 Å². The maximum absolute atomic E-state index is 10.5. The summed E-state index contributed by atoms with van der Waals surface area (Å²) in [6.45, 7) is 2.13. The Morgan fingerprint density at radius 3 is 2.80 bits per heavy atom. The van der Waals surface area contributed by atoms with Crippen LogP contribution in [0.1, 0.15) is 26.2 Å². The van der Waals surface area contributed by atoms with Crippen molar-refractivity contribution < 1.29 is 9.53 Å². The van der Waals surface area contributed by atoms with Gasteiger partial charge >= 0.3 is 5.30 Å². The molecule has 0 amide bonds. The highest BCUT2D eigenvalue weighted by Gasteiger charge is 1.98. The predicted octanol–water partition coefficient (Wildman–Crippen LogP) is 2.84. The molecule has 0 rings (SSSR count). The molecule has 0 aromatic rings. The second-order valence-electron chi connectivity index (χ2n) is 1.95. The molecule has 0 aromatic carbocycles. The van der Waals surface area contributed by atoms with Gasteiger partial charge < -0.3 is 4.74 Å². The molecular weight excluding hydrogens is 148 g/mol. The summed E-state index contributed by atoms with van der Waals surface area (Å²) in [5, 5.41) is -0.281. The molecule has 2 nitrogen and oxygen atoms in total. The summed E-state index contributed by atoms with van der Waals surface area (Å²) < 4.78 is 4.20. The zero-order valence-corrected chi connectivity index (χ0v) is 7.08. The Morgan fingerprint density at radius 1 is 1.60 bits per heavy atom. The lowest BCUT2D eigenvalue weighted by atomic mass is 10.3. The number of carbonyl (C=O) groups is 1.